The van der Waals surface area contributed by atoms with Crippen molar-refractivity contribution in [2.75, 3.05) is 11.9 Å². The van der Waals surface area contributed by atoms with Crippen LogP contribution >= 0.6 is 11.3 Å². The molecule has 0 aliphatic heterocycles. The van der Waals surface area contributed by atoms with Crippen LogP contribution in [-0.4, -0.2) is 18.1 Å². The molecule has 1 aromatic carbocycles. The molecule has 1 heterocycles. The van der Waals surface area contributed by atoms with Gasteiger partial charge in [0.15, 0.2) is 5.13 Å². The fourth-order valence-electron chi connectivity index (χ4n) is 2.53. The van der Waals surface area contributed by atoms with Crippen LogP contribution in [0.3, 0.4) is 0 Å². The molecular weight excluding hydrogens is 278 g/mol. The number of nitrogens with zero attached hydrogens (tertiary/aromatic N) is 2. The first kappa shape index (κ1) is 14.5. The van der Waals surface area contributed by atoms with E-state index >= 15 is 0 Å². The third-order valence-electron chi connectivity index (χ3n) is 4.01. The van der Waals surface area contributed by atoms with Gasteiger partial charge in [0.2, 0.25) is 0 Å². The Balaban J connectivity index is 1.80. The minimum absolute atomic E-state index is 0.743. The minimum Gasteiger partial charge on any atom is -0.321 e. The topological polar surface area (TPSA) is 28.2 Å². The number of rotatable bonds is 5. The van der Waals surface area contributed by atoms with Crippen molar-refractivity contribution in [1.82, 2.24) is 10.3 Å². The zero-order chi connectivity index (χ0) is 15.0. The Labute approximate surface area is 131 Å². The van der Waals surface area contributed by atoms with E-state index in [1.165, 1.54) is 34.5 Å². The van der Waals surface area contributed by atoms with Gasteiger partial charge in [-0.25, -0.2) is 4.98 Å². The molecule has 0 atom stereocenters. The molecule has 0 radical (unpaired) electrons. The minimum atomic E-state index is 0.743. The summed E-state index contributed by atoms with van der Waals surface area (Å²) in [4.78, 5) is 8.31. The van der Waals surface area contributed by atoms with Crippen LogP contribution in [-0.2, 0) is 6.54 Å². The van der Waals surface area contributed by atoms with Gasteiger partial charge in [0.05, 0.1) is 5.69 Å². The molecule has 4 heteroatoms. The summed E-state index contributed by atoms with van der Waals surface area (Å²) in [6, 6.07) is 7.31. The second-order valence-corrected chi connectivity index (χ2v) is 7.07. The number of thiazole rings is 1. The lowest BCUT2D eigenvalue weighted by Crippen LogP contribution is -2.14. The van der Waals surface area contributed by atoms with Gasteiger partial charge in [-0.1, -0.05) is 29.0 Å². The fraction of sp³-hybridized carbons (Fsp3) is 0.471. The summed E-state index contributed by atoms with van der Waals surface area (Å²) < 4.78 is 0. The number of anilines is 2. The zero-order valence-electron chi connectivity index (χ0n) is 13.2. The van der Waals surface area contributed by atoms with E-state index in [1.807, 2.05) is 0 Å². The van der Waals surface area contributed by atoms with Crippen molar-refractivity contribution in [2.45, 2.75) is 46.2 Å². The molecule has 1 N–H and O–H groups in total. The number of aryl methyl sites for hydroxylation is 3. The highest BCUT2D eigenvalue weighted by Gasteiger charge is 2.21. The maximum absolute atomic E-state index is 4.75. The molecule has 1 fully saturated rings. The van der Waals surface area contributed by atoms with Gasteiger partial charge >= 0.3 is 0 Å². The van der Waals surface area contributed by atoms with Gasteiger partial charge in [-0.15, -0.1) is 0 Å². The normalized spacial score (nSPS) is 14.5. The van der Waals surface area contributed by atoms with E-state index in [0.29, 0.717) is 0 Å². The predicted molar refractivity (Wildman–Crippen MR) is 90.7 cm³/mol. The van der Waals surface area contributed by atoms with E-state index in [1.54, 1.807) is 11.3 Å². The molecule has 0 unspecified atom stereocenters. The van der Waals surface area contributed by atoms with Gasteiger partial charge < -0.3 is 10.2 Å². The van der Waals surface area contributed by atoms with E-state index < -0.39 is 0 Å². The molecule has 0 saturated heterocycles. The maximum Gasteiger partial charge on any atom is 0.190 e. The summed E-state index contributed by atoms with van der Waals surface area (Å²) in [5.41, 5.74) is 4.98. The SMILES string of the molecule is Cc1ccc(N(C)c2nc(C)c(CNC3CC3)s2)c(C)c1. The first-order valence-electron chi connectivity index (χ1n) is 7.55. The third-order valence-corrected chi connectivity index (χ3v) is 5.24. The van der Waals surface area contributed by atoms with Gasteiger partial charge in [-0.05, 0) is 45.2 Å². The average molecular weight is 301 g/mol. The smallest absolute Gasteiger partial charge is 0.190 e. The lowest BCUT2D eigenvalue weighted by molar-refractivity contribution is 0.691. The number of nitrogens with one attached hydrogen (secondary N) is 1. The van der Waals surface area contributed by atoms with Crippen molar-refractivity contribution >= 4 is 22.2 Å². The lowest BCUT2D eigenvalue weighted by Gasteiger charge is -2.18. The van der Waals surface area contributed by atoms with Gasteiger partial charge in [0, 0.05) is 30.2 Å². The summed E-state index contributed by atoms with van der Waals surface area (Å²) >= 11 is 1.80. The molecule has 1 aromatic heterocycles. The molecule has 2 aromatic rings. The summed E-state index contributed by atoms with van der Waals surface area (Å²) in [7, 11) is 2.11. The summed E-state index contributed by atoms with van der Waals surface area (Å²) in [5.74, 6) is 0. The highest BCUT2D eigenvalue weighted by Crippen LogP contribution is 2.32. The Morgan fingerprint density at radius 2 is 2.05 bits per heavy atom. The quantitative estimate of drug-likeness (QED) is 0.901. The van der Waals surface area contributed by atoms with Crippen LogP contribution in [0.2, 0.25) is 0 Å². The van der Waals surface area contributed by atoms with Crippen LogP contribution < -0.4 is 10.2 Å². The molecule has 3 nitrogen and oxygen atoms in total. The van der Waals surface area contributed by atoms with Crippen LogP contribution in [0.1, 0.15) is 34.5 Å². The van der Waals surface area contributed by atoms with Crippen molar-refractivity contribution in [3.63, 3.8) is 0 Å². The first-order chi connectivity index (χ1) is 10.0. The van der Waals surface area contributed by atoms with Crippen LogP contribution in [0.25, 0.3) is 0 Å². The van der Waals surface area contributed by atoms with Crippen LogP contribution in [0, 0.1) is 20.8 Å². The Kier molecular flexibility index (Phi) is 4.00. The molecule has 112 valence electrons. The van der Waals surface area contributed by atoms with Crippen molar-refractivity contribution in [3.8, 4) is 0 Å². The van der Waals surface area contributed by atoms with Gasteiger partial charge in [0.25, 0.3) is 0 Å². The van der Waals surface area contributed by atoms with E-state index in [0.717, 1.165) is 23.4 Å². The lowest BCUT2D eigenvalue weighted by atomic mass is 10.1. The first-order valence-corrected chi connectivity index (χ1v) is 8.37. The maximum atomic E-state index is 4.75. The largest absolute Gasteiger partial charge is 0.321 e. The Bertz CT molecular complexity index is 643. The molecule has 0 spiro atoms. The van der Waals surface area contributed by atoms with Crippen molar-refractivity contribution in [2.24, 2.45) is 0 Å². The van der Waals surface area contributed by atoms with Crippen LogP contribution in [0.4, 0.5) is 10.8 Å². The highest BCUT2D eigenvalue weighted by molar-refractivity contribution is 7.15. The Morgan fingerprint density at radius 3 is 2.71 bits per heavy atom. The molecule has 1 aliphatic carbocycles. The van der Waals surface area contributed by atoms with Gasteiger partial charge in [-0.2, -0.15) is 0 Å². The highest BCUT2D eigenvalue weighted by atomic mass is 32.1. The Hall–Kier alpha value is -1.39. The molecule has 21 heavy (non-hydrogen) atoms. The molecule has 3 rings (SSSR count). The standard InChI is InChI=1S/C17H23N3S/c1-11-5-8-15(12(2)9-11)20(4)17-19-13(3)16(21-17)10-18-14-6-7-14/h5,8-9,14,18H,6-7,10H2,1-4H3. The van der Waals surface area contributed by atoms with Crippen molar-refractivity contribution in [1.29, 1.82) is 0 Å². The van der Waals surface area contributed by atoms with Crippen molar-refractivity contribution in [3.05, 3.63) is 39.9 Å². The van der Waals surface area contributed by atoms with E-state index in [4.69, 9.17) is 4.98 Å². The van der Waals surface area contributed by atoms with E-state index in [-0.39, 0.29) is 0 Å². The third kappa shape index (κ3) is 3.27. The number of aromatic nitrogens is 1. The average Bonchev–Trinajstić information content (AvgIpc) is 3.19. The predicted octanol–water partition coefficient (Wildman–Crippen LogP) is 4.09. The Morgan fingerprint density at radius 1 is 1.29 bits per heavy atom. The second kappa shape index (κ2) is 5.78. The van der Waals surface area contributed by atoms with Crippen molar-refractivity contribution < 1.29 is 0 Å². The molecule has 0 bridgehead atoms. The zero-order valence-corrected chi connectivity index (χ0v) is 14.0. The van der Waals surface area contributed by atoms with Gasteiger partial charge in [0.1, 0.15) is 0 Å². The van der Waals surface area contributed by atoms with E-state index in [9.17, 15) is 0 Å². The van der Waals surface area contributed by atoms with Crippen LogP contribution in [0.5, 0.6) is 0 Å². The monoisotopic (exact) mass is 301 g/mol. The number of benzene rings is 1. The summed E-state index contributed by atoms with van der Waals surface area (Å²) in [6.45, 7) is 7.36. The number of hydrogen-bond acceptors (Lipinski definition) is 4. The fourth-order valence-corrected chi connectivity index (χ4v) is 3.52. The second-order valence-electron chi connectivity index (χ2n) is 6.01. The summed E-state index contributed by atoms with van der Waals surface area (Å²) in [5, 5.41) is 4.65. The molecule has 1 saturated carbocycles. The van der Waals surface area contributed by atoms with E-state index in [2.05, 4.69) is 56.2 Å². The molecule has 1 aliphatic rings. The van der Waals surface area contributed by atoms with Crippen LogP contribution in [0.15, 0.2) is 18.2 Å². The molecular formula is C17H23N3S. The van der Waals surface area contributed by atoms with Gasteiger partial charge in [-0.3, -0.25) is 0 Å². The summed E-state index contributed by atoms with van der Waals surface area (Å²) in [6.07, 6.45) is 2.65. The number of hydrogen-bond donors (Lipinski definition) is 1. The molecule has 0 amide bonds.